The molecular weight excluding hydrogens is 537 g/mol. The Morgan fingerprint density at radius 1 is 1.15 bits per heavy atom. The van der Waals surface area contributed by atoms with Crippen molar-refractivity contribution in [3.8, 4) is 22.1 Å². The van der Waals surface area contributed by atoms with Crippen molar-refractivity contribution in [2.24, 2.45) is 0 Å². The molecule has 4 aromatic rings. The maximum absolute atomic E-state index is 14.8. The largest absolute Gasteiger partial charge is 0.453 e. The van der Waals surface area contributed by atoms with Gasteiger partial charge in [-0.25, -0.2) is 9.18 Å². The van der Waals surface area contributed by atoms with Gasteiger partial charge < -0.3 is 30.1 Å². The smallest absolute Gasteiger partial charge is 0.319 e. The monoisotopic (exact) mass is 565 g/mol. The molecule has 12 heteroatoms. The van der Waals surface area contributed by atoms with E-state index in [1.807, 2.05) is 18.2 Å². The van der Waals surface area contributed by atoms with Gasteiger partial charge in [-0.15, -0.1) is 11.3 Å². The number of nitrogens with zero attached hydrogens (tertiary/aromatic N) is 3. The Morgan fingerprint density at radius 3 is 2.70 bits per heavy atom. The Labute approximate surface area is 233 Å². The minimum absolute atomic E-state index is 0.0218. The highest BCUT2D eigenvalue weighted by molar-refractivity contribution is 7.22. The van der Waals surface area contributed by atoms with E-state index in [0.29, 0.717) is 42.3 Å². The molecule has 0 saturated heterocycles. The van der Waals surface area contributed by atoms with Crippen LogP contribution >= 0.6 is 11.3 Å². The van der Waals surface area contributed by atoms with E-state index in [0.717, 1.165) is 28.0 Å². The summed E-state index contributed by atoms with van der Waals surface area (Å²) in [6.45, 7) is 0.445. The molecule has 1 aromatic carbocycles. The average molecular weight is 566 g/mol. The highest BCUT2D eigenvalue weighted by atomic mass is 32.1. The van der Waals surface area contributed by atoms with Crippen molar-refractivity contribution < 1.29 is 28.6 Å². The Balaban J connectivity index is 1.30. The van der Waals surface area contributed by atoms with Crippen LogP contribution in [0.15, 0.2) is 54.9 Å². The molecular formula is C28H28FN5O5S. The third-order valence-corrected chi connectivity index (χ3v) is 7.36. The number of aromatic nitrogens is 2. The summed E-state index contributed by atoms with van der Waals surface area (Å²) in [4.78, 5) is 35.3. The predicted octanol–water partition coefficient (Wildman–Crippen LogP) is 4.54. The zero-order valence-electron chi connectivity index (χ0n) is 21.7. The third kappa shape index (κ3) is 6.71. The first-order valence-electron chi connectivity index (χ1n) is 12.7. The number of methoxy groups -OCH3 is 1. The Bertz CT molecular complexity index is 1510. The minimum Gasteiger partial charge on any atom is -0.453 e. The van der Waals surface area contributed by atoms with E-state index in [-0.39, 0.29) is 23.7 Å². The number of fused-ring (bicyclic) bond motifs is 1. The van der Waals surface area contributed by atoms with Gasteiger partial charge in [-0.1, -0.05) is 6.07 Å². The summed E-state index contributed by atoms with van der Waals surface area (Å²) in [5.41, 5.74) is 2.53. The number of halogens is 1. The molecule has 208 valence electrons. The molecule has 3 aromatic heterocycles. The maximum atomic E-state index is 14.8. The first-order valence-corrected chi connectivity index (χ1v) is 13.5. The standard InChI is InChI=1S/C28H28FN5O5S/c1-38-11-10-34(26(36)16-35)15-17-2-6-21(31-14-17)25-13-22-27(40-25)24(8-9-30-22)39-23-7-5-19(12-20(23)29)33-28(37)32-18-3-4-18/h2,5-9,12-14,18,35H,3-4,10-11,15-16H2,1H3,(H2,32,33,37). The van der Waals surface area contributed by atoms with Crippen LogP contribution in [0.5, 0.6) is 11.5 Å². The number of amides is 3. The van der Waals surface area contributed by atoms with Gasteiger partial charge in [-0.05, 0) is 42.7 Å². The van der Waals surface area contributed by atoms with Crippen molar-refractivity contribution in [2.75, 3.05) is 32.2 Å². The highest BCUT2D eigenvalue weighted by Gasteiger charge is 2.23. The van der Waals surface area contributed by atoms with E-state index in [1.54, 1.807) is 31.6 Å². The number of benzene rings is 1. The molecule has 0 radical (unpaired) electrons. The van der Waals surface area contributed by atoms with E-state index >= 15 is 0 Å². The highest BCUT2D eigenvalue weighted by Crippen LogP contribution is 2.39. The first kappa shape index (κ1) is 27.4. The van der Waals surface area contributed by atoms with Crippen molar-refractivity contribution in [1.82, 2.24) is 20.2 Å². The molecule has 0 spiro atoms. The second-order valence-corrected chi connectivity index (χ2v) is 10.3. The number of ether oxygens (including phenoxy) is 2. The lowest BCUT2D eigenvalue weighted by Crippen LogP contribution is -2.35. The molecule has 0 atom stereocenters. The molecule has 0 bridgehead atoms. The summed E-state index contributed by atoms with van der Waals surface area (Å²) >= 11 is 1.41. The summed E-state index contributed by atoms with van der Waals surface area (Å²) in [6, 6.07) is 11.4. The van der Waals surface area contributed by atoms with Crippen LogP contribution in [0.4, 0.5) is 14.9 Å². The van der Waals surface area contributed by atoms with Crippen LogP contribution in [-0.2, 0) is 16.1 Å². The van der Waals surface area contributed by atoms with Crippen LogP contribution in [0, 0.1) is 5.82 Å². The van der Waals surface area contributed by atoms with Gasteiger partial charge in [0.1, 0.15) is 12.4 Å². The van der Waals surface area contributed by atoms with Crippen LogP contribution in [0.3, 0.4) is 0 Å². The lowest BCUT2D eigenvalue weighted by atomic mass is 10.2. The zero-order valence-corrected chi connectivity index (χ0v) is 22.5. The lowest BCUT2D eigenvalue weighted by Gasteiger charge is -2.21. The average Bonchev–Trinajstić information content (AvgIpc) is 3.65. The van der Waals surface area contributed by atoms with Crippen molar-refractivity contribution in [1.29, 1.82) is 0 Å². The number of hydrogen-bond acceptors (Lipinski definition) is 8. The first-order chi connectivity index (χ1) is 19.4. The number of rotatable bonds is 11. The van der Waals surface area contributed by atoms with Crippen LogP contribution in [-0.4, -0.2) is 64.8 Å². The third-order valence-electron chi connectivity index (χ3n) is 6.20. The van der Waals surface area contributed by atoms with Gasteiger partial charge in [0.2, 0.25) is 5.91 Å². The van der Waals surface area contributed by atoms with Gasteiger partial charge in [0.15, 0.2) is 11.6 Å². The summed E-state index contributed by atoms with van der Waals surface area (Å²) in [5.74, 6) is -0.526. The molecule has 40 heavy (non-hydrogen) atoms. The van der Waals surface area contributed by atoms with Gasteiger partial charge >= 0.3 is 6.03 Å². The van der Waals surface area contributed by atoms with Gasteiger partial charge in [0.25, 0.3) is 0 Å². The Morgan fingerprint density at radius 2 is 2.00 bits per heavy atom. The molecule has 3 heterocycles. The Kier molecular flexibility index (Phi) is 8.48. The summed E-state index contributed by atoms with van der Waals surface area (Å²) in [5, 5.41) is 14.7. The second kappa shape index (κ2) is 12.4. The van der Waals surface area contributed by atoms with Crippen LogP contribution in [0.2, 0.25) is 0 Å². The van der Waals surface area contributed by atoms with Gasteiger partial charge in [0.05, 0.1) is 27.4 Å². The van der Waals surface area contributed by atoms with Crippen LogP contribution < -0.4 is 15.4 Å². The van der Waals surface area contributed by atoms with Gasteiger partial charge in [0, 0.05) is 56.5 Å². The van der Waals surface area contributed by atoms with E-state index in [4.69, 9.17) is 9.47 Å². The molecule has 1 fully saturated rings. The van der Waals surface area contributed by atoms with E-state index < -0.39 is 12.4 Å². The van der Waals surface area contributed by atoms with E-state index in [9.17, 15) is 19.1 Å². The fourth-order valence-electron chi connectivity index (χ4n) is 3.96. The molecule has 1 saturated carbocycles. The number of thiophene rings is 1. The predicted molar refractivity (Wildman–Crippen MR) is 149 cm³/mol. The molecule has 5 rings (SSSR count). The number of aliphatic hydroxyl groups excluding tert-OH is 1. The number of nitrogens with one attached hydrogen (secondary N) is 2. The molecule has 1 aliphatic rings. The van der Waals surface area contributed by atoms with Gasteiger partial charge in [-0.2, -0.15) is 0 Å². The van der Waals surface area contributed by atoms with Crippen molar-refractivity contribution >= 4 is 39.2 Å². The zero-order chi connectivity index (χ0) is 28.1. The fraction of sp³-hybridized carbons (Fsp3) is 0.286. The number of carbonyl (C=O) groups is 2. The number of pyridine rings is 2. The molecule has 10 nitrogen and oxygen atoms in total. The summed E-state index contributed by atoms with van der Waals surface area (Å²) in [7, 11) is 1.55. The number of anilines is 1. The number of hydrogen-bond donors (Lipinski definition) is 3. The molecule has 3 N–H and O–H groups in total. The molecule has 0 unspecified atom stereocenters. The van der Waals surface area contributed by atoms with Crippen molar-refractivity contribution in [3.05, 3.63) is 66.2 Å². The maximum Gasteiger partial charge on any atom is 0.319 e. The number of urea groups is 1. The molecule has 3 amide bonds. The van der Waals surface area contributed by atoms with E-state index in [2.05, 4.69) is 20.6 Å². The Hall–Kier alpha value is -4.13. The van der Waals surface area contributed by atoms with Crippen LogP contribution in [0.25, 0.3) is 20.8 Å². The molecule has 1 aliphatic carbocycles. The van der Waals surface area contributed by atoms with Crippen molar-refractivity contribution in [2.45, 2.75) is 25.4 Å². The fourth-order valence-corrected chi connectivity index (χ4v) is 5.00. The summed E-state index contributed by atoms with van der Waals surface area (Å²) < 4.78 is 26.5. The quantitative estimate of drug-likeness (QED) is 0.244. The SMILES string of the molecule is COCCN(Cc1ccc(-c2cc3nccc(Oc4ccc(NC(=O)NC5CC5)cc4F)c3s2)nc1)C(=O)CO. The molecule has 0 aliphatic heterocycles. The van der Waals surface area contributed by atoms with Crippen molar-refractivity contribution in [3.63, 3.8) is 0 Å². The van der Waals surface area contributed by atoms with Crippen LogP contribution in [0.1, 0.15) is 18.4 Å². The number of carbonyl (C=O) groups excluding carboxylic acids is 2. The number of aliphatic hydroxyl groups is 1. The normalized spacial score (nSPS) is 12.8. The topological polar surface area (TPSA) is 126 Å². The summed E-state index contributed by atoms with van der Waals surface area (Å²) in [6.07, 6.45) is 5.20. The van der Waals surface area contributed by atoms with Gasteiger partial charge in [-0.3, -0.25) is 14.8 Å². The van der Waals surface area contributed by atoms with E-state index in [1.165, 1.54) is 28.4 Å². The lowest BCUT2D eigenvalue weighted by molar-refractivity contribution is -0.135. The second-order valence-electron chi connectivity index (χ2n) is 9.27. The minimum atomic E-state index is -0.609.